The second-order valence-electron chi connectivity index (χ2n) is 5.37. The van der Waals surface area contributed by atoms with Gasteiger partial charge in [-0.25, -0.2) is 4.98 Å². The predicted molar refractivity (Wildman–Crippen MR) is 75.2 cm³/mol. The Labute approximate surface area is 127 Å². The molecule has 0 unspecified atom stereocenters. The molecule has 0 spiro atoms. The van der Waals surface area contributed by atoms with Gasteiger partial charge in [0.1, 0.15) is 17.6 Å². The van der Waals surface area contributed by atoms with Crippen LogP contribution in [0.3, 0.4) is 0 Å². The lowest BCUT2D eigenvalue weighted by molar-refractivity contribution is -0.141. The molecule has 0 aliphatic heterocycles. The number of ether oxygens (including phenoxy) is 1. The van der Waals surface area contributed by atoms with Gasteiger partial charge in [0, 0.05) is 7.11 Å². The van der Waals surface area contributed by atoms with Crippen LogP contribution in [0.1, 0.15) is 43.4 Å². The molecule has 7 heteroatoms. The molecule has 1 saturated carbocycles. The van der Waals surface area contributed by atoms with Crippen LogP contribution in [0.15, 0.2) is 12.1 Å². The molecule has 1 fully saturated rings. The van der Waals surface area contributed by atoms with E-state index in [4.69, 9.17) is 10.00 Å². The summed E-state index contributed by atoms with van der Waals surface area (Å²) in [4.78, 5) is 3.59. The van der Waals surface area contributed by atoms with Gasteiger partial charge in [0.15, 0.2) is 0 Å². The highest BCUT2D eigenvalue weighted by molar-refractivity contribution is 5.53. The van der Waals surface area contributed by atoms with E-state index in [0.29, 0.717) is 0 Å². The SMILES string of the molecule is CO[C@@H]1CCCCC[C@@H]1Nc1nc(C(F)(F)F)ccc1C#N. The standard InChI is InChI=1S/C15H18F3N3O/c1-22-12-6-4-2-3-5-11(12)20-14-10(9-19)7-8-13(21-14)15(16,17)18/h7-8,11-12H,2-6H2,1H3,(H,20,21)/t11-,12+/m0/s1. The highest BCUT2D eigenvalue weighted by atomic mass is 19.4. The van der Waals surface area contributed by atoms with Crippen LogP contribution in [0, 0.1) is 11.3 Å². The van der Waals surface area contributed by atoms with Crippen molar-refractivity contribution in [3.8, 4) is 6.07 Å². The first kappa shape index (κ1) is 16.6. The monoisotopic (exact) mass is 313 g/mol. The molecule has 4 nitrogen and oxygen atoms in total. The molecule has 0 bridgehead atoms. The largest absolute Gasteiger partial charge is 0.433 e. The second kappa shape index (κ2) is 6.97. The van der Waals surface area contributed by atoms with E-state index < -0.39 is 11.9 Å². The summed E-state index contributed by atoms with van der Waals surface area (Å²) < 4.78 is 43.8. The summed E-state index contributed by atoms with van der Waals surface area (Å²) in [5.74, 6) is -0.0220. The van der Waals surface area contributed by atoms with Gasteiger partial charge in [-0.15, -0.1) is 0 Å². The number of alkyl halides is 3. The molecule has 1 N–H and O–H groups in total. The zero-order chi connectivity index (χ0) is 16.2. The van der Waals surface area contributed by atoms with Crippen LogP contribution in [0.4, 0.5) is 19.0 Å². The van der Waals surface area contributed by atoms with Gasteiger partial charge in [-0.1, -0.05) is 19.3 Å². The van der Waals surface area contributed by atoms with Gasteiger partial charge in [0.2, 0.25) is 0 Å². The van der Waals surface area contributed by atoms with Crippen molar-refractivity contribution >= 4 is 5.82 Å². The Morgan fingerprint density at radius 3 is 2.64 bits per heavy atom. The van der Waals surface area contributed by atoms with Crippen molar-refractivity contribution in [2.45, 2.75) is 50.4 Å². The molecule has 1 aromatic heterocycles. The number of nitrogens with one attached hydrogen (secondary N) is 1. The summed E-state index contributed by atoms with van der Waals surface area (Å²) in [6.07, 6.45) is 0.0607. The molecule has 22 heavy (non-hydrogen) atoms. The summed E-state index contributed by atoms with van der Waals surface area (Å²) >= 11 is 0. The Morgan fingerprint density at radius 1 is 1.27 bits per heavy atom. The topological polar surface area (TPSA) is 57.9 Å². The lowest BCUT2D eigenvalue weighted by Crippen LogP contribution is -2.34. The van der Waals surface area contributed by atoms with Gasteiger partial charge in [-0.2, -0.15) is 18.4 Å². The molecule has 1 heterocycles. The lowest BCUT2D eigenvalue weighted by Gasteiger charge is -2.26. The molecule has 1 aromatic rings. The first-order valence-corrected chi connectivity index (χ1v) is 7.23. The van der Waals surface area contributed by atoms with Crippen LogP contribution in [-0.4, -0.2) is 24.2 Å². The summed E-state index contributed by atoms with van der Waals surface area (Å²) in [6, 6.07) is 3.71. The average Bonchev–Trinajstić information content (AvgIpc) is 2.71. The maximum atomic E-state index is 12.8. The molecule has 120 valence electrons. The fraction of sp³-hybridized carbons (Fsp3) is 0.600. The fourth-order valence-electron chi connectivity index (χ4n) is 2.71. The molecule has 2 rings (SSSR count). The fourth-order valence-corrected chi connectivity index (χ4v) is 2.71. The van der Waals surface area contributed by atoms with E-state index in [1.807, 2.05) is 6.07 Å². The summed E-state index contributed by atoms with van der Waals surface area (Å²) in [7, 11) is 1.59. The van der Waals surface area contributed by atoms with Crippen LogP contribution in [-0.2, 0) is 10.9 Å². The number of methoxy groups -OCH3 is 1. The van der Waals surface area contributed by atoms with Crippen molar-refractivity contribution in [3.63, 3.8) is 0 Å². The first-order valence-electron chi connectivity index (χ1n) is 7.23. The maximum Gasteiger partial charge on any atom is 0.433 e. The molecule has 0 radical (unpaired) electrons. The third kappa shape index (κ3) is 3.89. The molecular weight excluding hydrogens is 295 g/mol. The van der Waals surface area contributed by atoms with Crippen molar-refractivity contribution in [1.82, 2.24) is 4.98 Å². The van der Waals surface area contributed by atoms with Gasteiger partial charge >= 0.3 is 6.18 Å². The average molecular weight is 313 g/mol. The number of pyridine rings is 1. The predicted octanol–water partition coefficient (Wildman–Crippen LogP) is 3.73. The summed E-state index contributed by atoms with van der Waals surface area (Å²) in [5, 5.41) is 12.1. The Kier molecular flexibility index (Phi) is 5.24. The Morgan fingerprint density at radius 2 is 2.00 bits per heavy atom. The third-order valence-corrected chi connectivity index (χ3v) is 3.88. The summed E-state index contributed by atoms with van der Waals surface area (Å²) in [6.45, 7) is 0. The molecule has 0 amide bonds. The molecule has 0 aromatic carbocycles. The zero-order valence-electron chi connectivity index (χ0n) is 12.3. The Balaban J connectivity index is 2.28. The van der Waals surface area contributed by atoms with Crippen LogP contribution in [0.5, 0.6) is 0 Å². The third-order valence-electron chi connectivity index (χ3n) is 3.88. The van der Waals surface area contributed by atoms with Crippen molar-refractivity contribution in [3.05, 3.63) is 23.4 Å². The number of aromatic nitrogens is 1. The van der Waals surface area contributed by atoms with Crippen LogP contribution in [0.25, 0.3) is 0 Å². The van der Waals surface area contributed by atoms with Gasteiger partial charge in [0.25, 0.3) is 0 Å². The maximum absolute atomic E-state index is 12.8. The minimum Gasteiger partial charge on any atom is -0.379 e. The molecule has 1 aliphatic carbocycles. The number of rotatable bonds is 3. The zero-order valence-corrected chi connectivity index (χ0v) is 12.3. The minimum absolute atomic E-state index is 0.0220. The van der Waals surface area contributed by atoms with Gasteiger partial charge < -0.3 is 10.1 Å². The first-order chi connectivity index (χ1) is 10.5. The molecular formula is C15H18F3N3O. The van der Waals surface area contributed by atoms with E-state index in [2.05, 4.69) is 10.3 Å². The summed E-state index contributed by atoms with van der Waals surface area (Å²) in [5.41, 5.74) is -0.899. The Hall–Kier alpha value is -1.81. The van der Waals surface area contributed by atoms with Crippen LogP contribution in [0.2, 0.25) is 0 Å². The van der Waals surface area contributed by atoms with Crippen molar-refractivity contribution in [1.29, 1.82) is 5.26 Å². The number of hydrogen-bond acceptors (Lipinski definition) is 4. The van der Waals surface area contributed by atoms with E-state index in [1.165, 1.54) is 0 Å². The lowest BCUT2D eigenvalue weighted by atomic mass is 10.1. The van der Waals surface area contributed by atoms with Gasteiger partial charge in [0.05, 0.1) is 17.7 Å². The second-order valence-corrected chi connectivity index (χ2v) is 5.37. The minimum atomic E-state index is -4.53. The van der Waals surface area contributed by atoms with Gasteiger partial charge in [-0.3, -0.25) is 0 Å². The number of nitriles is 1. The highest BCUT2D eigenvalue weighted by Crippen LogP contribution is 2.30. The smallest absolute Gasteiger partial charge is 0.379 e. The van der Waals surface area contributed by atoms with Crippen molar-refractivity contribution in [2.24, 2.45) is 0 Å². The van der Waals surface area contributed by atoms with E-state index in [9.17, 15) is 13.2 Å². The van der Waals surface area contributed by atoms with E-state index >= 15 is 0 Å². The van der Waals surface area contributed by atoms with Crippen molar-refractivity contribution < 1.29 is 17.9 Å². The number of nitrogens with zero attached hydrogens (tertiary/aromatic N) is 2. The molecule has 0 saturated heterocycles. The van der Waals surface area contributed by atoms with E-state index in [0.717, 1.165) is 44.2 Å². The van der Waals surface area contributed by atoms with Crippen molar-refractivity contribution in [2.75, 3.05) is 12.4 Å². The van der Waals surface area contributed by atoms with E-state index in [-0.39, 0.29) is 23.5 Å². The number of hydrogen-bond donors (Lipinski definition) is 1. The number of anilines is 1. The van der Waals surface area contributed by atoms with Crippen LogP contribution >= 0.6 is 0 Å². The highest BCUT2D eigenvalue weighted by Gasteiger charge is 2.33. The normalized spacial score (nSPS) is 22.7. The molecule has 2 atom stereocenters. The van der Waals surface area contributed by atoms with Crippen LogP contribution < -0.4 is 5.32 Å². The molecule has 1 aliphatic rings. The number of halogens is 3. The quantitative estimate of drug-likeness (QED) is 0.864. The Bertz CT molecular complexity index is 554. The van der Waals surface area contributed by atoms with Gasteiger partial charge in [-0.05, 0) is 25.0 Å². The van der Waals surface area contributed by atoms with E-state index in [1.54, 1.807) is 7.11 Å².